The van der Waals surface area contributed by atoms with Gasteiger partial charge in [-0.3, -0.25) is 4.79 Å². The maximum atomic E-state index is 11.1. The van der Waals surface area contributed by atoms with Gasteiger partial charge in [0.2, 0.25) is 11.5 Å². The first-order chi connectivity index (χ1) is 12.9. The Bertz CT molecular complexity index is 811. The Morgan fingerprint density at radius 1 is 0.889 bits per heavy atom. The van der Waals surface area contributed by atoms with Gasteiger partial charge in [-0.25, -0.2) is 0 Å². The number of carbonyl (C=O) groups is 1. The molecule has 0 aromatic heterocycles. The summed E-state index contributed by atoms with van der Waals surface area (Å²) >= 11 is 0. The minimum absolute atomic E-state index is 0.480. The fourth-order valence-electron chi connectivity index (χ4n) is 3.14. The second-order valence-electron chi connectivity index (χ2n) is 6.21. The Kier molecular flexibility index (Phi) is 6.55. The zero-order chi connectivity index (χ0) is 20.1. The van der Waals surface area contributed by atoms with E-state index < -0.39 is 11.9 Å². The van der Waals surface area contributed by atoms with Crippen LogP contribution in [0.15, 0.2) is 24.3 Å². The third-order valence-corrected chi connectivity index (χ3v) is 4.73. The zero-order valence-corrected chi connectivity index (χ0v) is 16.6. The van der Waals surface area contributed by atoms with Crippen LogP contribution in [-0.4, -0.2) is 39.5 Å². The second-order valence-corrected chi connectivity index (χ2v) is 6.21. The van der Waals surface area contributed by atoms with Crippen molar-refractivity contribution in [3.63, 3.8) is 0 Å². The number of carboxylic acid groups (broad SMARTS) is 1. The highest BCUT2D eigenvalue weighted by molar-refractivity contribution is 5.75. The molecule has 0 saturated heterocycles. The van der Waals surface area contributed by atoms with E-state index in [-0.39, 0.29) is 0 Å². The molecule has 2 aromatic carbocycles. The maximum absolute atomic E-state index is 11.1. The van der Waals surface area contributed by atoms with Gasteiger partial charge in [0.1, 0.15) is 0 Å². The molecule has 2 aromatic rings. The molecule has 0 bridgehead atoms. The molecule has 0 heterocycles. The average Bonchev–Trinajstić information content (AvgIpc) is 2.68. The lowest BCUT2D eigenvalue weighted by Gasteiger charge is -2.21. The lowest BCUT2D eigenvalue weighted by molar-refractivity contribution is -0.138. The van der Waals surface area contributed by atoms with Crippen LogP contribution < -0.4 is 18.9 Å². The van der Waals surface area contributed by atoms with Crippen molar-refractivity contribution in [1.82, 2.24) is 0 Å². The van der Waals surface area contributed by atoms with Gasteiger partial charge in [-0.2, -0.15) is 0 Å². The highest BCUT2D eigenvalue weighted by atomic mass is 16.5. The molecule has 0 aliphatic heterocycles. The van der Waals surface area contributed by atoms with Gasteiger partial charge in [0.25, 0.3) is 0 Å². The van der Waals surface area contributed by atoms with Gasteiger partial charge < -0.3 is 24.1 Å². The molecule has 2 rings (SSSR count). The number of ether oxygens (including phenoxy) is 4. The van der Waals surface area contributed by atoms with Crippen molar-refractivity contribution in [2.45, 2.75) is 26.2 Å². The molecule has 1 unspecified atom stereocenters. The van der Waals surface area contributed by atoms with Crippen LogP contribution in [-0.2, 0) is 11.2 Å². The molecular weight excluding hydrogens is 348 g/mol. The van der Waals surface area contributed by atoms with Crippen molar-refractivity contribution < 1.29 is 28.8 Å². The number of benzene rings is 2. The van der Waals surface area contributed by atoms with Crippen LogP contribution in [0.2, 0.25) is 0 Å². The van der Waals surface area contributed by atoms with E-state index in [1.54, 1.807) is 35.4 Å². The van der Waals surface area contributed by atoms with E-state index in [4.69, 9.17) is 24.1 Å². The number of rotatable bonds is 8. The van der Waals surface area contributed by atoms with Gasteiger partial charge in [0.15, 0.2) is 11.5 Å². The van der Waals surface area contributed by atoms with Crippen LogP contribution in [0.5, 0.6) is 23.0 Å². The summed E-state index contributed by atoms with van der Waals surface area (Å²) in [5.74, 6) is 0.774. The fraction of sp³-hybridized carbons (Fsp3) is 0.381. The Morgan fingerprint density at radius 3 is 1.81 bits per heavy atom. The molecule has 0 fully saturated rings. The van der Waals surface area contributed by atoms with Gasteiger partial charge in [0, 0.05) is 17.5 Å². The van der Waals surface area contributed by atoms with E-state index in [1.165, 1.54) is 0 Å². The van der Waals surface area contributed by atoms with Crippen LogP contribution in [0.3, 0.4) is 0 Å². The summed E-state index contributed by atoms with van der Waals surface area (Å²) in [4.78, 5) is 11.1. The van der Waals surface area contributed by atoms with Gasteiger partial charge >= 0.3 is 5.97 Å². The number of carboxylic acids is 1. The van der Waals surface area contributed by atoms with Crippen molar-refractivity contribution in [2.75, 3.05) is 28.4 Å². The first kappa shape index (κ1) is 20.4. The molecule has 27 heavy (non-hydrogen) atoms. The summed E-state index contributed by atoms with van der Waals surface area (Å²) in [5.41, 5.74) is 3.60. The van der Waals surface area contributed by atoms with E-state index in [1.807, 2.05) is 31.2 Å². The third-order valence-electron chi connectivity index (χ3n) is 4.73. The molecule has 0 spiro atoms. The summed E-state index contributed by atoms with van der Waals surface area (Å²) in [6.45, 7) is 3.61. The third kappa shape index (κ3) is 3.94. The number of hydrogen-bond acceptors (Lipinski definition) is 5. The van der Waals surface area contributed by atoms with Crippen molar-refractivity contribution in [2.24, 2.45) is 0 Å². The summed E-state index contributed by atoms with van der Waals surface area (Å²) < 4.78 is 22.1. The van der Waals surface area contributed by atoms with Crippen molar-refractivity contribution >= 4 is 5.97 Å². The molecule has 0 amide bonds. The standard InChI is InChI=1S/C21H26O6/c1-12(21(22)23)15-9-7-14(8-10-15)11-16-13(2)17(24-3)19(26-5)20(27-6)18(16)25-4/h7-10,12H,11H2,1-6H3,(H,22,23). The monoisotopic (exact) mass is 374 g/mol. The number of hydrogen-bond donors (Lipinski definition) is 1. The van der Waals surface area contributed by atoms with Gasteiger partial charge in [-0.05, 0) is 25.0 Å². The normalized spacial score (nSPS) is 11.6. The van der Waals surface area contributed by atoms with E-state index in [0.717, 1.165) is 22.3 Å². The predicted octanol–water partition coefficient (Wildman–Crippen LogP) is 3.81. The topological polar surface area (TPSA) is 74.2 Å². The minimum atomic E-state index is -0.843. The molecule has 1 N–H and O–H groups in total. The Hall–Kier alpha value is -2.89. The second kappa shape index (κ2) is 8.66. The van der Waals surface area contributed by atoms with E-state index in [0.29, 0.717) is 29.4 Å². The van der Waals surface area contributed by atoms with Gasteiger partial charge in [-0.1, -0.05) is 24.3 Å². The first-order valence-electron chi connectivity index (χ1n) is 8.56. The molecular formula is C21H26O6. The van der Waals surface area contributed by atoms with Crippen LogP contribution in [0, 0.1) is 6.92 Å². The molecule has 0 radical (unpaired) electrons. The molecule has 0 aliphatic carbocycles. The minimum Gasteiger partial charge on any atom is -0.492 e. The Morgan fingerprint density at radius 2 is 1.37 bits per heavy atom. The molecule has 1 atom stereocenters. The van der Waals surface area contributed by atoms with Crippen molar-refractivity contribution in [1.29, 1.82) is 0 Å². The Balaban J connectivity index is 2.50. The van der Waals surface area contributed by atoms with E-state index >= 15 is 0 Å². The van der Waals surface area contributed by atoms with Gasteiger partial charge in [-0.15, -0.1) is 0 Å². The van der Waals surface area contributed by atoms with Crippen LogP contribution in [0.4, 0.5) is 0 Å². The summed E-state index contributed by atoms with van der Waals surface area (Å²) in [6.07, 6.45) is 0.577. The number of aliphatic carboxylic acids is 1. The SMILES string of the molecule is COc1c(C)c(Cc2ccc(C(C)C(=O)O)cc2)c(OC)c(OC)c1OC. The Labute approximate surface area is 159 Å². The van der Waals surface area contributed by atoms with Crippen molar-refractivity contribution in [3.05, 3.63) is 46.5 Å². The van der Waals surface area contributed by atoms with Gasteiger partial charge in [0.05, 0.1) is 34.4 Å². The molecule has 0 saturated carbocycles. The largest absolute Gasteiger partial charge is 0.492 e. The van der Waals surface area contributed by atoms with Crippen LogP contribution >= 0.6 is 0 Å². The summed E-state index contributed by atoms with van der Waals surface area (Å²) in [5, 5.41) is 9.15. The lowest BCUT2D eigenvalue weighted by atomic mass is 9.95. The van der Waals surface area contributed by atoms with Crippen LogP contribution in [0.1, 0.15) is 35.1 Å². The molecule has 146 valence electrons. The fourth-order valence-corrected chi connectivity index (χ4v) is 3.14. The van der Waals surface area contributed by atoms with E-state index in [9.17, 15) is 4.79 Å². The summed E-state index contributed by atoms with van der Waals surface area (Å²) in [6, 6.07) is 7.54. The smallest absolute Gasteiger partial charge is 0.310 e. The van der Waals surface area contributed by atoms with Crippen LogP contribution in [0.25, 0.3) is 0 Å². The molecule has 6 nitrogen and oxygen atoms in total. The summed E-state index contributed by atoms with van der Waals surface area (Å²) in [7, 11) is 6.29. The quantitative estimate of drug-likeness (QED) is 0.757. The number of methoxy groups -OCH3 is 4. The average molecular weight is 374 g/mol. The first-order valence-corrected chi connectivity index (χ1v) is 8.56. The predicted molar refractivity (Wildman–Crippen MR) is 103 cm³/mol. The van der Waals surface area contributed by atoms with Crippen molar-refractivity contribution in [3.8, 4) is 23.0 Å². The highest BCUT2D eigenvalue weighted by Gasteiger charge is 2.25. The highest BCUT2D eigenvalue weighted by Crippen LogP contribution is 2.49. The molecule has 0 aliphatic rings. The molecule has 6 heteroatoms. The zero-order valence-electron chi connectivity index (χ0n) is 16.6. The maximum Gasteiger partial charge on any atom is 0.310 e. The lowest BCUT2D eigenvalue weighted by Crippen LogP contribution is -2.07. The van der Waals surface area contributed by atoms with E-state index in [2.05, 4.69) is 0 Å².